The summed E-state index contributed by atoms with van der Waals surface area (Å²) in [7, 11) is 0. The van der Waals surface area contributed by atoms with E-state index in [-0.39, 0.29) is 25.8 Å². The summed E-state index contributed by atoms with van der Waals surface area (Å²) < 4.78 is 0. The fourth-order valence-corrected chi connectivity index (χ4v) is 1.39. The van der Waals surface area contributed by atoms with Crippen LogP contribution in [0.4, 0.5) is 0 Å². The number of rotatable bonds is 0. The smallest absolute Gasteiger partial charge is 1.00 e. The zero-order chi connectivity index (χ0) is 7.78. The Hall–Kier alpha value is 0.517. The van der Waals surface area contributed by atoms with Crippen molar-refractivity contribution in [3.05, 3.63) is 0 Å². The molecule has 1 aliphatic rings. The molecule has 1 fully saturated rings. The van der Waals surface area contributed by atoms with Crippen molar-refractivity contribution in [1.82, 2.24) is 10.6 Å². The standard InChI is InChI=1S/C8H18N2.Li.H/c1-6-7(2)10-8(3,4)5-9-6;;/h6-7,9-10H,5H2,1-4H3;;/q;+1;-1. The summed E-state index contributed by atoms with van der Waals surface area (Å²) in [5.74, 6) is 0. The summed E-state index contributed by atoms with van der Waals surface area (Å²) in [6.07, 6.45) is 0. The molecule has 0 aliphatic carbocycles. The molecule has 0 aromatic rings. The van der Waals surface area contributed by atoms with Gasteiger partial charge < -0.3 is 12.1 Å². The topological polar surface area (TPSA) is 24.1 Å². The Kier molecular flexibility index (Phi) is 4.14. The number of nitrogens with one attached hydrogen (secondary N) is 2. The molecule has 1 aliphatic heterocycles. The molecule has 0 bridgehead atoms. The molecule has 0 amide bonds. The molecule has 11 heavy (non-hydrogen) atoms. The van der Waals surface area contributed by atoms with Gasteiger partial charge in [-0.1, -0.05) is 0 Å². The van der Waals surface area contributed by atoms with E-state index in [0.29, 0.717) is 12.1 Å². The Morgan fingerprint density at radius 2 is 1.82 bits per heavy atom. The molecule has 1 saturated heterocycles. The Bertz CT molecular complexity index is 130. The van der Waals surface area contributed by atoms with Crippen molar-refractivity contribution in [2.75, 3.05) is 6.54 Å². The second-order valence-electron chi connectivity index (χ2n) is 3.99. The quantitative estimate of drug-likeness (QED) is 0.385. The van der Waals surface area contributed by atoms with E-state index in [1.165, 1.54) is 0 Å². The first-order valence-corrected chi connectivity index (χ1v) is 4.02. The van der Waals surface area contributed by atoms with Gasteiger partial charge in [0.1, 0.15) is 0 Å². The predicted molar refractivity (Wildman–Crippen MR) is 45.3 cm³/mol. The molecule has 2 N–H and O–H groups in total. The van der Waals surface area contributed by atoms with E-state index in [4.69, 9.17) is 0 Å². The summed E-state index contributed by atoms with van der Waals surface area (Å²) in [4.78, 5) is 0. The molecule has 2 atom stereocenters. The molecule has 0 spiro atoms. The van der Waals surface area contributed by atoms with E-state index in [9.17, 15) is 0 Å². The normalized spacial score (nSPS) is 36.0. The molecule has 0 radical (unpaired) electrons. The third kappa shape index (κ3) is 3.17. The number of hydrogen-bond donors (Lipinski definition) is 2. The van der Waals surface area contributed by atoms with Crippen LogP contribution in [0.3, 0.4) is 0 Å². The summed E-state index contributed by atoms with van der Waals surface area (Å²) in [6, 6.07) is 1.19. The maximum absolute atomic E-state index is 3.54. The van der Waals surface area contributed by atoms with Gasteiger partial charge in [0.05, 0.1) is 0 Å². The van der Waals surface area contributed by atoms with Crippen molar-refractivity contribution in [2.45, 2.75) is 45.3 Å². The van der Waals surface area contributed by atoms with E-state index in [1.807, 2.05) is 0 Å². The minimum absolute atomic E-state index is 0. The zero-order valence-electron chi connectivity index (χ0n) is 9.36. The van der Waals surface area contributed by atoms with Crippen molar-refractivity contribution >= 4 is 0 Å². The van der Waals surface area contributed by atoms with Gasteiger partial charge in [-0.3, -0.25) is 0 Å². The molecule has 62 valence electrons. The Morgan fingerprint density at radius 3 is 2.18 bits per heavy atom. The van der Waals surface area contributed by atoms with Crippen molar-refractivity contribution in [2.24, 2.45) is 0 Å². The van der Waals surface area contributed by atoms with Gasteiger partial charge in [0.25, 0.3) is 0 Å². The largest absolute Gasteiger partial charge is 1.00 e. The molecule has 0 aromatic heterocycles. The van der Waals surface area contributed by atoms with Crippen LogP contribution in [0.1, 0.15) is 29.1 Å². The molecule has 1 rings (SSSR count). The van der Waals surface area contributed by atoms with E-state index in [1.54, 1.807) is 0 Å². The Labute approximate surface area is 83.2 Å². The van der Waals surface area contributed by atoms with Crippen LogP contribution >= 0.6 is 0 Å². The van der Waals surface area contributed by atoms with Gasteiger partial charge in [-0.2, -0.15) is 0 Å². The van der Waals surface area contributed by atoms with E-state index < -0.39 is 0 Å². The molecular weight excluding hydrogens is 131 g/mol. The third-order valence-corrected chi connectivity index (χ3v) is 2.23. The van der Waals surface area contributed by atoms with E-state index >= 15 is 0 Å². The third-order valence-electron chi connectivity index (χ3n) is 2.23. The van der Waals surface area contributed by atoms with Crippen LogP contribution in [-0.4, -0.2) is 24.2 Å². The minimum atomic E-state index is 0. The second kappa shape index (κ2) is 3.96. The SMILES string of the molecule is CC1NCC(C)(C)NC1C.[H-].[Li+]. The number of piperazine rings is 1. The van der Waals surface area contributed by atoms with Crippen LogP contribution in [0.15, 0.2) is 0 Å². The second-order valence-corrected chi connectivity index (χ2v) is 3.99. The van der Waals surface area contributed by atoms with Gasteiger partial charge in [0.2, 0.25) is 0 Å². The fraction of sp³-hybridized carbons (Fsp3) is 1.00. The molecule has 2 unspecified atom stereocenters. The van der Waals surface area contributed by atoms with Crippen LogP contribution in [0.25, 0.3) is 0 Å². The average Bonchev–Trinajstić information content (AvgIpc) is 1.79. The van der Waals surface area contributed by atoms with E-state index in [2.05, 4.69) is 38.3 Å². The van der Waals surface area contributed by atoms with Crippen molar-refractivity contribution in [3.8, 4) is 0 Å². The predicted octanol–water partition coefficient (Wildman–Crippen LogP) is -2.15. The molecule has 1 heterocycles. The molecule has 0 saturated carbocycles. The molecular formula is C8H19LiN2. The molecule has 2 nitrogen and oxygen atoms in total. The van der Waals surface area contributed by atoms with Gasteiger partial charge in [0.15, 0.2) is 0 Å². The van der Waals surface area contributed by atoms with Gasteiger partial charge in [-0.25, -0.2) is 0 Å². The maximum Gasteiger partial charge on any atom is 1.00 e. The average molecular weight is 150 g/mol. The summed E-state index contributed by atoms with van der Waals surface area (Å²) in [5.41, 5.74) is 0.270. The van der Waals surface area contributed by atoms with Crippen LogP contribution in [0.2, 0.25) is 0 Å². The first-order valence-electron chi connectivity index (χ1n) is 4.02. The molecule has 3 heteroatoms. The van der Waals surface area contributed by atoms with E-state index in [0.717, 1.165) is 6.54 Å². The Balaban J connectivity index is 0. The maximum atomic E-state index is 3.54. The first kappa shape index (κ1) is 11.5. The summed E-state index contributed by atoms with van der Waals surface area (Å²) in [5, 5.41) is 7.00. The molecule has 0 aromatic carbocycles. The van der Waals surface area contributed by atoms with Crippen LogP contribution < -0.4 is 29.5 Å². The van der Waals surface area contributed by atoms with Crippen LogP contribution in [-0.2, 0) is 0 Å². The first-order chi connectivity index (χ1) is 4.51. The number of hydrogen-bond acceptors (Lipinski definition) is 2. The Morgan fingerprint density at radius 1 is 1.27 bits per heavy atom. The van der Waals surface area contributed by atoms with Crippen molar-refractivity contribution in [1.29, 1.82) is 0 Å². The van der Waals surface area contributed by atoms with Gasteiger partial charge >= 0.3 is 18.9 Å². The van der Waals surface area contributed by atoms with Gasteiger partial charge in [-0.05, 0) is 27.7 Å². The summed E-state index contributed by atoms with van der Waals surface area (Å²) >= 11 is 0. The van der Waals surface area contributed by atoms with Crippen molar-refractivity contribution in [3.63, 3.8) is 0 Å². The van der Waals surface area contributed by atoms with Crippen LogP contribution in [0, 0.1) is 0 Å². The fourth-order valence-electron chi connectivity index (χ4n) is 1.39. The zero-order valence-corrected chi connectivity index (χ0v) is 8.36. The monoisotopic (exact) mass is 150 g/mol. The minimum Gasteiger partial charge on any atom is -1.00 e. The summed E-state index contributed by atoms with van der Waals surface area (Å²) in [6.45, 7) is 9.95. The van der Waals surface area contributed by atoms with Gasteiger partial charge in [-0.15, -0.1) is 0 Å². The van der Waals surface area contributed by atoms with Crippen LogP contribution in [0.5, 0.6) is 0 Å². The van der Waals surface area contributed by atoms with Crippen molar-refractivity contribution < 1.29 is 20.3 Å². The van der Waals surface area contributed by atoms with Gasteiger partial charge in [0, 0.05) is 24.2 Å².